The number of para-hydroxylation sites is 1. The van der Waals surface area contributed by atoms with Crippen molar-refractivity contribution >= 4 is 17.2 Å². The van der Waals surface area contributed by atoms with E-state index in [1.54, 1.807) is 11.3 Å². The summed E-state index contributed by atoms with van der Waals surface area (Å²) in [5, 5.41) is 12.8. The highest BCUT2D eigenvalue weighted by Crippen LogP contribution is 2.34. The SMILES string of the molecule is CCCN(CC(=O)N1CCc2sccc2[C@@H]1COc1ccccc1)C[C@@H](O)Cc1ccccc1. The maximum Gasteiger partial charge on any atom is 0.237 e. The van der Waals surface area contributed by atoms with Gasteiger partial charge in [0.2, 0.25) is 5.91 Å². The highest BCUT2D eigenvalue weighted by atomic mass is 32.1. The second-order valence-corrected chi connectivity index (χ2v) is 9.86. The smallest absolute Gasteiger partial charge is 0.237 e. The predicted octanol–water partition coefficient (Wildman–Crippen LogP) is 4.57. The molecular formula is C28H34N2O3S. The van der Waals surface area contributed by atoms with Gasteiger partial charge in [0.1, 0.15) is 12.4 Å². The van der Waals surface area contributed by atoms with Crippen LogP contribution in [0.3, 0.4) is 0 Å². The minimum Gasteiger partial charge on any atom is -0.491 e. The monoisotopic (exact) mass is 478 g/mol. The summed E-state index contributed by atoms with van der Waals surface area (Å²) >= 11 is 1.76. The maximum absolute atomic E-state index is 13.5. The number of amides is 1. The van der Waals surface area contributed by atoms with E-state index in [-0.39, 0.29) is 11.9 Å². The highest BCUT2D eigenvalue weighted by molar-refractivity contribution is 7.10. The van der Waals surface area contributed by atoms with E-state index >= 15 is 0 Å². The summed E-state index contributed by atoms with van der Waals surface area (Å²) in [7, 11) is 0. The van der Waals surface area contributed by atoms with Gasteiger partial charge >= 0.3 is 0 Å². The Balaban J connectivity index is 1.41. The Kier molecular flexibility index (Phi) is 8.74. The summed E-state index contributed by atoms with van der Waals surface area (Å²) in [5.41, 5.74) is 2.31. The van der Waals surface area contributed by atoms with Crippen molar-refractivity contribution in [1.29, 1.82) is 0 Å². The summed E-state index contributed by atoms with van der Waals surface area (Å²) < 4.78 is 6.09. The zero-order chi connectivity index (χ0) is 23.8. The zero-order valence-electron chi connectivity index (χ0n) is 19.8. The first-order valence-electron chi connectivity index (χ1n) is 12.1. The lowest BCUT2D eigenvalue weighted by atomic mass is 10.00. The summed E-state index contributed by atoms with van der Waals surface area (Å²) in [6, 6.07) is 21.8. The first-order valence-corrected chi connectivity index (χ1v) is 13.0. The van der Waals surface area contributed by atoms with Crippen molar-refractivity contribution in [3.63, 3.8) is 0 Å². The standard InChI is InChI=1S/C28H34N2O3S/c1-2-15-29(19-23(31)18-22-9-5-3-6-10-22)20-28(32)30-16-13-27-25(14-17-34-27)26(30)21-33-24-11-7-4-8-12-24/h3-12,14,17,23,26,31H,2,13,15-16,18-21H2,1H3/t23-,26-/m0/s1. The van der Waals surface area contributed by atoms with Gasteiger partial charge in [0.05, 0.1) is 18.7 Å². The average Bonchev–Trinajstić information content (AvgIpc) is 3.33. The van der Waals surface area contributed by atoms with Crippen LogP contribution in [-0.4, -0.2) is 59.7 Å². The second kappa shape index (κ2) is 12.2. The van der Waals surface area contributed by atoms with Crippen LogP contribution in [0.25, 0.3) is 0 Å². The van der Waals surface area contributed by atoms with Gasteiger partial charge in [0, 0.05) is 18.0 Å². The van der Waals surface area contributed by atoms with Crippen molar-refractivity contribution in [2.75, 3.05) is 32.8 Å². The van der Waals surface area contributed by atoms with E-state index in [4.69, 9.17) is 4.74 Å². The Morgan fingerprint density at radius 1 is 1.15 bits per heavy atom. The number of fused-ring (bicyclic) bond motifs is 1. The number of aliphatic hydroxyl groups is 1. The lowest BCUT2D eigenvalue weighted by Gasteiger charge is -2.37. The van der Waals surface area contributed by atoms with Crippen LogP contribution >= 0.6 is 11.3 Å². The molecule has 180 valence electrons. The van der Waals surface area contributed by atoms with Crippen LogP contribution in [0.5, 0.6) is 5.75 Å². The molecule has 4 rings (SSSR count). The van der Waals surface area contributed by atoms with Crippen LogP contribution in [0.1, 0.15) is 35.4 Å². The maximum atomic E-state index is 13.5. The van der Waals surface area contributed by atoms with Crippen LogP contribution in [0.2, 0.25) is 0 Å². The van der Waals surface area contributed by atoms with Crippen molar-refractivity contribution < 1.29 is 14.6 Å². The zero-order valence-corrected chi connectivity index (χ0v) is 20.6. The molecule has 0 saturated carbocycles. The van der Waals surface area contributed by atoms with E-state index in [0.717, 1.165) is 30.7 Å². The molecule has 0 radical (unpaired) electrons. The van der Waals surface area contributed by atoms with Crippen molar-refractivity contribution in [3.05, 3.63) is 88.1 Å². The highest BCUT2D eigenvalue weighted by Gasteiger charge is 2.33. The number of ether oxygens (including phenoxy) is 1. The van der Waals surface area contributed by atoms with Crippen LogP contribution in [-0.2, 0) is 17.6 Å². The number of benzene rings is 2. The number of carbonyl (C=O) groups excluding carboxylic acids is 1. The number of hydrogen-bond donors (Lipinski definition) is 1. The molecule has 1 aromatic heterocycles. The van der Waals surface area contributed by atoms with Gasteiger partial charge in [-0.2, -0.15) is 0 Å². The van der Waals surface area contributed by atoms with E-state index in [2.05, 4.69) is 23.3 Å². The lowest BCUT2D eigenvalue weighted by Crippen LogP contribution is -2.48. The lowest BCUT2D eigenvalue weighted by molar-refractivity contribution is -0.136. The number of aliphatic hydroxyl groups excluding tert-OH is 1. The number of hydrogen-bond acceptors (Lipinski definition) is 5. The topological polar surface area (TPSA) is 53.0 Å². The molecule has 0 spiro atoms. The summed E-state index contributed by atoms with van der Waals surface area (Å²) in [4.78, 5) is 18.9. The Labute approximate surface area is 206 Å². The molecule has 1 aliphatic rings. The van der Waals surface area contributed by atoms with Crippen molar-refractivity contribution in [2.45, 2.75) is 38.3 Å². The van der Waals surface area contributed by atoms with Crippen molar-refractivity contribution in [3.8, 4) is 5.75 Å². The number of thiophene rings is 1. The molecule has 1 aliphatic heterocycles. The third kappa shape index (κ3) is 6.47. The molecule has 0 unspecified atom stereocenters. The normalized spacial score (nSPS) is 16.3. The molecule has 6 heteroatoms. The number of rotatable bonds is 11. The third-order valence-corrected chi connectivity index (χ3v) is 7.24. The van der Waals surface area contributed by atoms with Crippen LogP contribution in [0, 0.1) is 0 Å². The first kappa shape index (κ1) is 24.5. The molecule has 2 aromatic carbocycles. The quantitative estimate of drug-likeness (QED) is 0.439. The summed E-state index contributed by atoms with van der Waals surface area (Å²) in [6.45, 7) is 4.81. The minimum atomic E-state index is -0.510. The van der Waals surface area contributed by atoms with Gasteiger partial charge in [0.15, 0.2) is 0 Å². The average molecular weight is 479 g/mol. The van der Waals surface area contributed by atoms with Gasteiger partial charge in [-0.25, -0.2) is 0 Å². The molecule has 3 aromatic rings. The largest absolute Gasteiger partial charge is 0.491 e. The second-order valence-electron chi connectivity index (χ2n) is 8.85. The van der Waals surface area contributed by atoms with Crippen LogP contribution in [0.4, 0.5) is 0 Å². The van der Waals surface area contributed by atoms with E-state index in [0.29, 0.717) is 32.7 Å². The fraction of sp³-hybridized carbons (Fsp3) is 0.393. The molecule has 5 nitrogen and oxygen atoms in total. The molecule has 1 N–H and O–H groups in total. The molecule has 2 heterocycles. The number of carbonyl (C=O) groups is 1. The molecule has 0 fully saturated rings. The van der Waals surface area contributed by atoms with Gasteiger partial charge in [-0.05, 0) is 60.5 Å². The molecule has 0 bridgehead atoms. The molecule has 0 saturated heterocycles. The van der Waals surface area contributed by atoms with E-state index in [1.165, 1.54) is 10.4 Å². The summed E-state index contributed by atoms with van der Waals surface area (Å²) in [6.07, 6.45) is 1.89. The van der Waals surface area contributed by atoms with E-state index in [1.807, 2.05) is 65.6 Å². The molecule has 0 aliphatic carbocycles. The van der Waals surface area contributed by atoms with E-state index in [9.17, 15) is 9.90 Å². The minimum absolute atomic E-state index is 0.0962. The Morgan fingerprint density at radius 2 is 1.88 bits per heavy atom. The Morgan fingerprint density at radius 3 is 2.62 bits per heavy atom. The number of nitrogens with zero attached hydrogens (tertiary/aromatic N) is 2. The molecule has 34 heavy (non-hydrogen) atoms. The van der Waals surface area contributed by atoms with Gasteiger partial charge in [-0.3, -0.25) is 9.69 Å². The van der Waals surface area contributed by atoms with Gasteiger partial charge in [0.25, 0.3) is 0 Å². The van der Waals surface area contributed by atoms with Crippen LogP contribution < -0.4 is 4.74 Å². The fourth-order valence-corrected chi connectivity index (χ4v) is 5.58. The Hall–Kier alpha value is -2.67. The third-order valence-electron chi connectivity index (χ3n) is 6.25. The molecule has 1 amide bonds. The molecular weight excluding hydrogens is 444 g/mol. The van der Waals surface area contributed by atoms with Crippen molar-refractivity contribution in [1.82, 2.24) is 9.80 Å². The van der Waals surface area contributed by atoms with E-state index < -0.39 is 6.10 Å². The van der Waals surface area contributed by atoms with Gasteiger partial charge < -0.3 is 14.7 Å². The summed E-state index contributed by atoms with van der Waals surface area (Å²) in [5.74, 6) is 0.910. The Bertz CT molecular complexity index is 1020. The van der Waals surface area contributed by atoms with Crippen LogP contribution in [0.15, 0.2) is 72.1 Å². The van der Waals surface area contributed by atoms with Gasteiger partial charge in [-0.15, -0.1) is 11.3 Å². The predicted molar refractivity (Wildman–Crippen MR) is 137 cm³/mol. The fourth-order valence-electron chi connectivity index (χ4n) is 4.65. The first-order chi connectivity index (χ1) is 16.6. The van der Waals surface area contributed by atoms with Crippen molar-refractivity contribution in [2.24, 2.45) is 0 Å². The molecule has 2 atom stereocenters. The van der Waals surface area contributed by atoms with Gasteiger partial charge in [-0.1, -0.05) is 55.5 Å².